The third-order valence-electron chi connectivity index (χ3n) is 3.86. The second-order valence-electron chi connectivity index (χ2n) is 5.63. The van der Waals surface area contributed by atoms with Crippen molar-refractivity contribution < 1.29 is 0 Å². The fraction of sp³-hybridized carbons (Fsp3) is 0.625. The van der Waals surface area contributed by atoms with Crippen molar-refractivity contribution in [3.63, 3.8) is 0 Å². The summed E-state index contributed by atoms with van der Waals surface area (Å²) in [4.78, 5) is 2.56. The number of rotatable bonds is 7. The largest absolute Gasteiger partial charge is 0.313 e. The Morgan fingerprint density at radius 2 is 2.30 bits per heavy atom. The van der Waals surface area contributed by atoms with Gasteiger partial charge in [0.2, 0.25) is 0 Å². The van der Waals surface area contributed by atoms with Gasteiger partial charge in [-0.1, -0.05) is 31.0 Å². The van der Waals surface area contributed by atoms with Crippen LogP contribution in [0.5, 0.6) is 0 Å². The van der Waals surface area contributed by atoms with Crippen LogP contribution in [0.15, 0.2) is 22.7 Å². The highest BCUT2D eigenvalue weighted by atomic mass is 79.9. The van der Waals surface area contributed by atoms with Gasteiger partial charge in [0.15, 0.2) is 0 Å². The predicted octanol–water partition coefficient (Wildman–Crippen LogP) is 4.46. The van der Waals surface area contributed by atoms with Crippen LogP contribution < -0.4 is 5.32 Å². The van der Waals surface area contributed by atoms with E-state index in [1.54, 1.807) is 0 Å². The second-order valence-corrected chi connectivity index (χ2v) is 6.89. The molecular weight excluding hydrogens is 336 g/mol. The van der Waals surface area contributed by atoms with Gasteiger partial charge in [-0.3, -0.25) is 4.90 Å². The van der Waals surface area contributed by atoms with Crippen molar-refractivity contribution in [3.05, 3.63) is 33.3 Å². The highest BCUT2D eigenvalue weighted by Crippen LogP contribution is 2.24. The zero-order chi connectivity index (χ0) is 14.4. The van der Waals surface area contributed by atoms with E-state index in [-0.39, 0.29) is 0 Å². The molecule has 2 rings (SSSR count). The molecule has 1 aromatic carbocycles. The molecule has 1 aliphatic rings. The monoisotopic (exact) mass is 358 g/mol. The standard InChI is InChI=1S/C16H24BrClN2/c1-2-3-9-20(12-14-5-4-8-19-14)11-13-6-7-15(17)16(18)10-13/h6-7,10,14,19H,2-5,8-9,11-12H2,1H3. The number of nitrogens with zero attached hydrogens (tertiary/aromatic N) is 1. The van der Waals surface area contributed by atoms with Crippen molar-refractivity contribution >= 4 is 27.5 Å². The molecule has 1 fully saturated rings. The molecule has 1 aliphatic heterocycles. The Kier molecular flexibility index (Phi) is 6.82. The molecule has 2 nitrogen and oxygen atoms in total. The lowest BCUT2D eigenvalue weighted by Gasteiger charge is -2.25. The molecule has 0 aromatic heterocycles. The van der Waals surface area contributed by atoms with Crippen LogP contribution in [0.3, 0.4) is 0 Å². The van der Waals surface area contributed by atoms with Crippen molar-refractivity contribution in [1.82, 2.24) is 10.2 Å². The number of hydrogen-bond acceptors (Lipinski definition) is 2. The van der Waals surface area contributed by atoms with Crippen LogP contribution in [-0.2, 0) is 6.54 Å². The van der Waals surface area contributed by atoms with Crippen molar-refractivity contribution in [2.75, 3.05) is 19.6 Å². The van der Waals surface area contributed by atoms with Gasteiger partial charge in [0.1, 0.15) is 0 Å². The van der Waals surface area contributed by atoms with Gasteiger partial charge in [0.05, 0.1) is 5.02 Å². The van der Waals surface area contributed by atoms with E-state index in [1.807, 2.05) is 6.07 Å². The van der Waals surface area contributed by atoms with E-state index in [2.05, 4.69) is 45.2 Å². The van der Waals surface area contributed by atoms with Crippen LogP contribution in [0.4, 0.5) is 0 Å². The van der Waals surface area contributed by atoms with E-state index >= 15 is 0 Å². The van der Waals surface area contributed by atoms with Gasteiger partial charge in [0.25, 0.3) is 0 Å². The van der Waals surface area contributed by atoms with Gasteiger partial charge in [-0.2, -0.15) is 0 Å². The van der Waals surface area contributed by atoms with E-state index in [9.17, 15) is 0 Å². The minimum Gasteiger partial charge on any atom is -0.313 e. The molecule has 112 valence electrons. The lowest BCUT2D eigenvalue weighted by Crippen LogP contribution is -2.37. The smallest absolute Gasteiger partial charge is 0.0551 e. The van der Waals surface area contributed by atoms with Gasteiger partial charge in [-0.05, 0) is 66.0 Å². The molecule has 1 atom stereocenters. The maximum absolute atomic E-state index is 6.19. The van der Waals surface area contributed by atoms with Crippen LogP contribution in [-0.4, -0.2) is 30.6 Å². The average Bonchev–Trinajstić information content (AvgIpc) is 2.93. The summed E-state index contributed by atoms with van der Waals surface area (Å²) in [5.41, 5.74) is 1.30. The number of unbranched alkanes of at least 4 members (excludes halogenated alkanes) is 1. The maximum atomic E-state index is 6.19. The number of benzene rings is 1. The molecule has 0 aliphatic carbocycles. The van der Waals surface area contributed by atoms with Gasteiger partial charge in [0, 0.05) is 23.6 Å². The Labute approximate surface area is 136 Å². The van der Waals surface area contributed by atoms with Crippen molar-refractivity contribution in [2.45, 2.75) is 45.2 Å². The first-order valence-corrected chi connectivity index (χ1v) is 8.76. The molecule has 20 heavy (non-hydrogen) atoms. The van der Waals surface area contributed by atoms with Crippen LogP contribution >= 0.6 is 27.5 Å². The van der Waals surface area contributed by atoms with Gasteiger partial charge >= 0.3 is 0 Å². The van der Waals surface area contributed by atoms with Crippen molar-refractivity contribution in [1.29, 1.82) is 0 Å². The fourth-order valence-electron chi connectivity index (χ4n) is 2.74. The molecule has 0 spiro atoms. The third kappa shape index (κ3) is 5.03. The molecule has 1 unspecified atom stereocenters. The topological polar surface area (TPSA) is 15.3 Å². The molecule has 1 heterocycles. The zero-order valence-electron chi connectivity index (χ0n) is 12.2. The number of halogens is 2. The average molecular weight is 360 g/mol. The van der Waals surface area contributed by atoms with Crippen LogP contribution in [0.25, 0.3) is 0 Å². The Morgan fingerprint density at radius 3 is 2.95 bits per heavy atom. The molecule has 1 N–H and O–H groups in total. The molecule has 1 aromatic rings. The Balaban J connectivity index is 1.95. The Hall–Kier alpha value is -0.0900. The quantitative estimate of drug-likeness (QED) is 0.773. The third-order valence-corrected chi connectivity index (χ3v) is 5.09. The van der Waals surface area contributed by atoms with E-state index in [0.717, 1.165) is 22.6 Å². The lowest BCUT2D eigenvalue weighted by molar-refractivity contribution is 0.237. The first kappa shape index (κ1) is 16.3. The SMILES string of the molecule is CCCCN(Cc1ccc(Br)c(Cl)c1)CC1CCCN1. The second kappa shape index (κ2) is 8.38. The van der Waals surface area contributed by atoms with Gasteiger partial charge in [-0.15, -0.1) is 0 Å². The van der Waals surface area contributed by atoms with Crippen LogP contribution in [0, 0.1) is 0 Å². The van der Waals surface area contributed by atoms with Crippen LogP contribution in [0.2, 0.25) is 5.02 Å². The van der Waals surface area contributed by atoms with E-state index < -0.39 is 0 Å². The summed E-state index contributed by atoms with van der Waals surface area (Å²) < 4.78 is 0.973. The maximum Gasteiger partial charge on any atom is 0.0551 e. The summed E-state index contributed by atoms with van der Waals surface area (Å²) in [5.74, 6) is 0. The minimum absolute atomic E-state index is 0.665. The molecule has 4 heteroatoms. The summed E-state index contributed by atoms with van der Waals surface area (Å²) in [5, 5.41) is 4.40. The highest BCUT2D eigenvalue weighted by Gasteiger charge is 2.17. The van der Waals surface area contributed by atoms with E-state index in [1.165, 1.54) is 44.3 Å². The molecule has 0 radical (unpaired) electrons. The molecule has 0 amide bonds. The summed E-state index contributed by atoms with van der Waals surface area (Å²) in [6.45, 7) is 6.74. The Bertz CT molecular complexity index is 419. The first-order chi connectivity index (χ1) is 9.69. The van der Waals surface area contributed by atoms with Crippen LogP contribution in [0.1, 0.15) is 38.2 Å². The normalized spacial score (nSPS) is 18.9. The van der Waals surface area contributed by atoms with Crippen molar-refractivity contribution in [3.8, 4) is 0 Å². The number of hydrogen-bond donors (Lipinski definition) is 1. The van der Waals surface area contributed by atoms with Gasteiger partial charge < -0.3 is 5.32 Å². The van der Waals surface area contributed by atoms with E-state index in [4.69, 9.17) is 11.6 Å². The summed E-state index contributed by atoms with van der Waals surface area (Å²) in [6, 6.07) is 6.95. The molecule has 0 bridgehead atoms. The summed E-state index contributed by atoms with van der Waals surface area (Å²) >= 11 is 9.65. The Morgan fingerprint density at radius 1 is 1.45 bits per heavy atom. The summed E-state index contributed by atoms with van der Waals surface area (Å²) in [6.07, 6.45) is 5.13. The minimum atomic E-state index is 0.665. The first-order valence-electron chi connectivity index (χ1n) is 7.58. The fourth-order valence-corrected chi connectivity index (χ4v) is 3.19. The van der Waals surface area contributed by atoms with Gasteiger partial charge in [-0.25, -0.2) is 0 Å². The molecule has 1 saturated heterocycles. The summed E-state index contributed by atoms with van der Waals surface area (Å²) in [7, 11) is 0. The predicted molar refractivity (Wildman–Crippen MR) is 90.4 cm³/mol. The highest BCUT2D eigenvalue weighted by molar-refractivity contribution is 9.10. The zero-order valence-corrected chi connectivity index (χ0v) is 14.5. The number of nitrogens with one attached hydrogen (secondary N) is 1. The van der Waals surface area contributed by atoms with E-state index in [0.29, 0.717) is 6.04 Å². The molecule has 0 saturated carbocycles. The molecular formula is C16H24BrClN2. The van der Waals surface area contributed by atoms with Crippen molar-refractivity contribution in [2.24, 2.45) is 0 Å². The lowest BCUT2D eigenvalue weighted by atomic mass is 10.1.